The van der Waals surface area contributed by atoms with Crippen molar-refractivity contribution in [3.63, 3.8) is 0 Å². The molecule has 0 aliphatic carbocycles. The number of Topliss-reactive ketones (excluding diaryl/α,β-unsaturated/α-hetero) is 1. The summed E-state index contributed by atoms with van der Waals surface area (Å²) in [6.07, 6.45) is 0. The van der Waals surface area contributed by atoms with Gasteiger partial charge < -0.3 is 9.52 Å². The van der Waals surface area contributed by atoms with E-state index >= 15 is 0 Å². The fourth-order valence-corrected chi connectivity index (χ4v) is 1.62. The topological polar surface area (TPSA) is 50.4 Å². The zero-order valence-corrected chi connectivity index (χ0v) is 8.73. The maximum Gasteiger partial charge on any atom is 0.194 e. The molecule has 0 amide bonds. The summed E-state index contributed by atoms with van der Waals surface area (Å²) in [5, 5.41) is 11.0. The number of benzene rings is 1. The normalized spacial score (nSPS) is 10.7. The molecule has 1 heterocycles. The van der Waals surface area contributed by atoms with Crippen molar-refractivity contribution in [1.82, 2.24) is 0 Å². The molecular weight excluding hydrogens is 199 g/mol. The third-order valence-electron chi connectivity index (χ3n) is 1.98. The molecule has 1 N–H and O–H groups in total. The van der Waals surface area contributed by atoms with Gasteiger partial charge in [0, 0.05) is 6.92 Å². The minimum atomic E-state index is -0.147. The van der Waals surface area contributed by atoms with Crippen LogP contribution in [0.1, 0.15) is 17.5 Å². The number of hydrogen-bond donors (Lipinski definition) is 1. The average Bonchev–Trinajstić information content (AvgIpc) is 2.47. The van der Waals surface area contributed by atoms with Gasteiger partial charge in [-0.15, -0.1) is 9.24 Å². The second-order valence-corrected chi connectivity index (χ2v) is 3.79. The first-order chi connectivity index (χ1) is 6.58. The van der Waals surface area contributed by atoms with E-state index in [-0.39, 0.29) is 17.3 Å². The number of phenolic OH excluding ortho intramolecular Hbond substituents is 1. The lowest BCUT2D eigenvalue weighted by atomic mass is 10.2. The first-order valence-corrected chi connectivity index (χ1v) is 4.68. The number of fused-ring (bicyclic) bond motifs is 1. The number of carbonyl (C=O) groups excluding carboxylic acids is 1. The number of furan rings is 1. The number of phenols is 1. The van der Waals surface area contributed by atoms with Crippen molar-refractivity contribution in [1.29, 1.82) is 0 Å². The van der Waals surface area contributed by atoms with Crippen molar-refractivity contribution >= 4 is 31.3 Å². The lowest BCUT2D eigenvalue weighted by molar-refractivity contribution is 0.0989. The third-order valence-corrected chi connectivity index (χ3v) is 2.32. The molecule has 0 saturated heterocycles. The van der Waals surface area contributed by atoms with E-state index in [1.54, 1.807) is 18.2 Å². The van der Waals surface area contributed by atoms with Crippen molar-refractivity contribution in [2.75, 3.05) is 0 Å². The Morgan fingerprint density at radius 3 is 2.79 bits per heavy atom. The molecule has 4 heteroatoms. The highest BCUT2D eigenvalue weighted by molar-refractivity contribution is 7.27. The van der Waals surface area contributed by atoms with Crippen LogP contribution in [0.3, 0.4) is 0 Å². The largest absolute Gasteiger partial charge is 0.507 e. The predicted molar refractivity (Wildman–Crippen MR) is 57.2 cm³/mol. The summed E-state index contributed by atoms with van der Waals surface area (Å²) in [6, 6.07) is 4.91. The third kappa shape index (κ3) is 1.40. The van der Waals surface area contributed by atoms with Crippen LogP contribution in [0, 0.1) is 0 Å². The second-order valence-electron chi connectivity index (χ2n) is 3.12. The summed E-state index contributed by atoms with van der Waals surface area (Å²) in [6.45, 7) is 1.43. The summed E-state index contributed by atoms with van der Waals surface area (Å²) in [5.41, 5.74) is 0.528. The summed E-state index contributed by atoms with van der Waals surface area (Å²) < 4.78 is 5.27. The van der Waals surface area contributed by atoms with E-state index in [9.17, 15) is 9.90 Å². The van der Waals surface area contributed by atoms with Gasteiger partial charge in [0.25, 0.3) is 0 Å². The predicted octanol–water partition coefficient (Wildman–Crippen LogP) is 1.84. The van der Waals surface area contributed by atoms with Gasteiger partial charge >= 0.3 is 0 Å². The van der Waals surface area contributed by atoms with Gasteiger partial charge in [-0.25, -0.2) is 0 Å². The van der Waals surface area contributed by atoms with Crippen molar-refractivity contribution in [2.45, 2.75) is 6.92 Å². The first-order valence-electron chi connectivity index (χ1n) is 4.11. The van der Waals surface area contributed by atoms with E-state index in [0.717, 1.165) is 5.30 Å². The molecule has 2 rings (SSSR count). The highest BCUT2D eigenvalue weighted by Gasteiger charge is 2.10. The molecule has 3 nitrogen and oxygen atoms in total. The molecule has 14 heavy (non-hydrogen) atoms. The van der Waals surface area contributed by atoms with Crippen LogP contribution < -0.4 is 5.30 Å². The smallest absolute Gasteiger partial charge is 0.194 e. The van der Waals surface area contributed by atoms with Crippen LogP contribution >= 0.6 is 9.24 Å². The van der Waals surface area contributed by atoms with Crippen LogP contribution in [0.5, 0.6) is 5.75 Å². The lowest BCUT2D eigenvalue weighted by Gasteiger charge is -1.94. The van der Waals surface area contributed by atoms with E-state index in [2.05, 4.69) is 9.24 Å². The molecule has 72 valence electrons. The Morgan fingerprint density at radius 2 is 2.14 bits per heavy atom. The Balaban J connectivity index is 2.76. The van der Waals surface area contributed by atoms with Crippen LogP contribution in [0.2, 0.25) is 0 Å². The van der Waals surface area contributed by atoms with Crippen molar-refractivity contribution < 1.29 is 14.3 Å². The molecule has 0 aliphatic heterocycles. The quantitative estimate of drug-likeness (QED) is 0.574. The summed E-state index contributed by atoms with van der Waals surface area (Å²) in [7, 11) is 2.46. The average molecular weight is 208 g/mol. The second kappa shape index (κ2) is 3.10. The molecule has 0 radical (unpaired) electrons. The number of hydrogen-bond acceptors (Lipinski definition) is 3. The van der Waals surface area contributed by atoms with E-state index in [1.807, 2.05) is 0 Å². The maximum atomic E-state index is 11.0. The van der Waals surface area contributed by atoms with Crippen molar-refractivity contribution in [3.05, 3.63) is 24.0 Å². The zero-order chi connectivity index (χ0) is 10.3. The van der Waals surface area contributed by atoms with Gasteiger partial charge in [0.2, 0.25) is 0 Å². The molecule has 2 aromatic rings. The molecule has 1 aromatic heterocycles. The maximum absolute atomic E-state index is 11.0. The summed E-state index contributed by atoms with van der Waals surface area (Å²) >= 11 is 0. The molecule has 0 saturated carbocycles. The molecule has 0 fully saturated rings. The van der Waals surface area contributed by atoms with Crippen LogP contribution in [0.15, 0.2) is 22.6 Å². The Hall–Kier alpha value is -1.34. The van der Waals surface area contributed by atoms with Gasteiger partial charge in [0.1, 0.15) is 11.3 Å². The summed E-state index contributed by atoms with van der Waals surface area (Å²) in [5.74, 6) is 0.251. The fourth-order valence-electron chi connectivity index (χ4n) is 1.31. The van der Waals surface area contributed by atoms with Gasteiger partial charge in [0.05, 0.1) is 5.39 Å². The van der Waals surface area contributed by atoms with Crippen molar-refractivity contribution in [3.8, 4) is 5.75 Å². The van der Waals surface area contributed by atoms with Gasteiger partial charge in [-0.05, 0) is 23.5 Å². The SMILES string of the molecule is CC(=O)c1cc2c(O)cc(P)cc2o1. The highest BCUT2D eigenvalue weighted by Crippen LogP contribution is 2.27. The molecule has 0 spiro atoms. The number of rotatable bonds is 1. The first kappa shape index (κ1) is 9.22. The van der Waals surface area contributed by atoms with Crippen LogP contribution in [0.25, 0.3) is 11.0 Å². The monoisotopic (exact) mass is 208 g/mol. The molecule has 1 aromatic carbocycles. The van der Waals surface area contributed by atoms with E-state index in [4.69, 9.17) is 4.42 Å². The lowest BCUT2D eigenvalue weighted by Crippen LogP contribution is -1.86. The van der Waals surface area contributed by atoms with Gasteiger partial charge in [-0.1, -0.05) is 0 Å². The van der Waals surface area contributed by atoms with Crippen LogP contribution in [-0.2, 0) is 0 Å². The van der Waals surface area contributed by atoms with Crippen LogP contribution in [0.4, 0.5) is 0 Å². The zero-order valence-electron chi connectivity index (χ0n) is 7.57. The van der Waals surface area contributed by atoms with E-state index < -0.39 is 0 Å². The van der Waals surface area contributed by atoms with Gasteiger partial charge in [0.15, 0.2) is 11.5 Å². The Morgan fingerprint density at radius 1 is 1.43 bits per heavy atom. The Kier molecular flexibility index (Phi) is 2.05. The van der Waals surface area contributed by atoms with Gasteiger partial charge in [-0.3, -0.25) is 4.79 Å². The minimum absolute atomic E-state index is 0.128. The molecule has 0 aliphatic rings. The standard InChI is InChI=1S/C10H9O3P/c1-5(11)9-4-7-8(12)2-6(14)3-10(7)13-9/h2-4,12H,14H2,1H3. The van der Waals surface area contributed by atoms with Gasteiger partial charge in [-0.2, -0.15) is 0 Å². The molecule has 1 atom stereocenters. The Bertz CT molecular complexity index is 513. The summed E-state index contributed by atoms with van der Waals surface area (Å²) in [4.78, 5) is 11.0. The van der Waals surface area contributed by atoms with E-state index in [0.29, 0.717) is 11.0 Å². The van der Waals surface area contributed by atoms with Crippen molar-refractivity contribution in [2.24, 2.45) is 0 Å². The molecule has 1 unspecified atom stereocenters. The highest BCUT2D eigenvalue weighted by atomic mass is 31.0. The van der Waals surface area contributed by atoms with Crippen LogP contribution in [-0.4, -0.2) is 10.9 Å². The molecular formula is C10H9O3P. The fraction of sp³-hybridized carbons (Fsp3) is 0.100. The number of aromatic hydroxyl groups is 1. The van der Waals surface area contributed by atoms with E-state index in [1.165, 1.54) is 6.92 Å². The molecule has 0 bridgehead atoms. The Labute approximate surface area is 82.9 Å². The number of carbonyl (C=O) groups is 1. The number of ketones is 1. The minimum Gasteiger partial charge on any atom is -0.507 e.